The Kier molecular flexibility index (Phi) is 6.62. The number of benzene rings is 1. The molecule has 0 fully saturated rings. The second-order valence-electron chi connectivity index (χ2n) is 4.34. The lowest BCUT2D eigenvalue weighted by atomic mass is 10.1. The van der Waals surface area contributed by atoms with Gasteiger partial charge < -0.3 is 24.8 Å². The van der Waals surface area contributed by atoms with Gasteiger partial charge >= 0.3 is 0 Å². The van der Waals surface area contributed by atoms with E-state index in [9.17, 15) is 0 Å². The third-order valence-electron chi connectivity index (χ3n) is 3.29. The molecule has 1 aromatic carbocycles. The van der Waals surface area contributed by atoms with Crippen LogP contribution in [0.4, 0.5) is 5.69 Å². The SMILES string of the molecule is COc1ccc(N(C)C(CN)CC(OC)OC)cc1. The largest absolute Gasteiger partial charge is 0.497 e. The van der Waals surface area contributed by atoms with Crippen LogP contribution in [0.25, 0.3) is 0 Å². The van der Waals surface area contributed by atoms with Crippen molar-refractivity contribution in [2.75, 3.05) is 39.8 Å². The number of nitrogens with two attached hydrogens (primary N) is 1. The van der Waals surface area contributed by atoms with Gasteiger partial charge in [-0.1, -0.05) is 0 Å². The number of methoxy groups -OCH3 is 3. The molecule has 5 heteroatoms. The van der Waals surface area contributed by atoms with Gasteiger partial charge in [0.15, 0.2) is 6.29 Å². The van der Waals surface area contributed by atoms with E-state index < -0.39 is 0 Å². The van der Waals surface area contributed by atoms with Gasteiger partial charge in [0, 0.05) is 46.0 Å². The maximum atomic E-state index is 5.85. The third-order valence-corrected chi connectivity index (χ3v) is 3.29. The van der Waals surface area contributed by atoms with Crippen LogP contribution in [0.5, 0.6) is 5.75 Å². The number of anilines is 1. The van der Waals surface area contributed by atoms with Crippen molar-refractivity contribution in [2.45, 2.75) is 18.8 Å². The van der Waals surface area contributed by atoms with Crippen molar-refractivity contribution in [2.24, 2.45) is 5.73 Å². The molecule has 0 aliphatic heterocycles. The number of likely N-dealkylation sites (N-methyl/N-ethyl adjacent to an activating group) is 1. The fourth-order valence-corrected chi connectivity index (χ4v) is 1.95. The van der Waals surface area contributed by atoms with Crippen LogP contribution in [0.3, 0.4) is 0 Å². The zero-order chi connectivity index (χ0) is 14.3. The predicted molar refractivity (Wildman–Crippen MR) is 76.7 cm³/mol. The first-order valence-electron chi connectivity index (χ1n) is 6.28. The lowest BCUT2D eigenvalue weighted by Gasteiger charge is -2.31. The lowest BCUT2D eigenvalue weighted by molar-refractivity contribution is -0.108. The minimum atomic E-state index is -0.241. The number of nitrogens with zero attached hydrogens (tertiary/aromatic N) is 1. The summed E-state index contributed by atoms with van der Waals surface area (Å²) in [5.74, 6) is 0.841. The molecule has 5 nitrogen and oxygen atoms in total. The highest BCUT2D eigenvalue weighted by atomic mass is 16.7. The summed E-state index contributed by atoms with van der Waals surface area (Å²) in [6.07, 6.45) is 0.473. The molecule has 19 heavy (non-hydrogen) atoms. The van der Waals surface area contributed by atoms with Crippen molar-refractivity contribution in [1.82, 2.24) is 0 Å². The number of hydrogen-bond donors (Lipinski definition) is 1. The molecule has 0 heterocycles. The van der Waals surface area contributed by atoms with Crippen LogP contribution >= 0.6 is 0 Å². The molecule has 0 saturated carbocycles. The Bertz CT molecular complexity index is 352. The van der Waals surface area contributed by atoms with Crippen LogP contribution in [0, 0.1) is 0 Å². The van der Waals surface area contributed by atoms with E-state index >= 15 is 0 Å². The Balaban J connectivity index is 2.73. The van der Waals surface area contributed by atoms with E-state index in [0.29, 0.717) is 13.0 Å². The topological polar surface area (TPSA) is 57.0 Å². The molecule has 0 amide bonds. The van der Waals surface area contributed by atoms with Crippen molar-refractivity contribution in [3.05, 3.63) is 24.3 Å². The van der Waals surface area contributed by atoms with E-state index in [1.807, 2.05) is 31.3 Å². The molecule has 0 bridgehead atoms. The molecule has 0 radical (unpaired) electrons. The van der Waals surface area contributed by atoms with Gasteiger partial charge in [-0.05, 0) is 24.3 Å². The zero-order valence-corrected chi connectivity index (χ0v) is 12.1. The summed E-state index contributed by atoms with van der Waals surface area (Å²) in [5.41, 5.74) is 6.93. The van der Waals surface area contributed by atoms with Crippen LogP contribution < -0.4 is 15.4 Å². The fourth-order valence-electron chi connectivity index (χ4n) is 1.95. The lowest BCUT2D eigenvalue weighted by Crippen LogP contribution is -2.41. The van der Waals surface area contributed by atoms with Crippen LogP contribution in [0.2, 0.25) is 0 Å². The van der Waals surface area contributed by atoms with E-state index in [2.05, 4.69) is 4.90 Å². The van der Waals surface area contributed by atoms with Crippen LogP contribution in [-0.2, 0) is 9.47 Å². The molecule has 108 valence electrons. The summed E-state index contributed by atoms with van der Waals surface area (Å²) in [4.78, 5) is 2.13. The van der Waals surface area contributed by atoms with E-state index in [4.69, 9.17) is 19.9 Å². The van der Waals surface area contributed by atoms with Crippen LogP contribution in [-0.4, -0.2) is 47.3 Å². The molecule has 1 aromatic rings. The Morgan fingerprint density at radius 2 is 1.68 bits per heavy atom. The molecule has 0 aliphatic rings. The number of hydrogen-bond acceptors (Lipinski definition) is 5. The molecule has 1 rings (SSSR count). The molecule has 1 atom stereocenters. The fraction of sp³-hybridized carbons (Fsp3) is 0.571. The average Bonchev–Trinajstić information content (AvgIpc) is 2.48. The molecule has 0 aliphatic carbocycles. The van der Waals surface area contributed by atoms with Crippen LogP contribution in [0.15, 0.2) is 24.3 Å². The smallest absolute Gasteiger partial charge is 0.158 e. The Morgan fingerprint density at radius 3 is 2.11 bits per heavy atom. The Labute approximate surface area is 115 Å². The van der Waals surface area contributed by atoms with E-state index in [1.54, 1.807) is 21.3 Å². The molecule has 0 saturated heterocycles. The standard InChI is InChI=1S/C14H24N2O3/c1-16(11-5-7-13(17-2)8-6-11)12(10-15)9-14(18-3)19-4/h5-8,12,14H,9-10,15H2,1-4H3. The molecular formula is C14H24N2O3. The van der Waals surface area contributed by atoms with Gasteiger partial charge in [0.05, 0.1) is 7.11 Å². The summed E-state index contributed by atoms with van der Waals surface area (Å²) >= 11 is 0. The van der Waals surface area contributed by atoms with E-state index in [1.165, 1.54) is 0 Å². The van der Waals surface area contributed by atoms with Gasteiger partial charge in [-0.2, -0.15) is 0 Å². The van der Waals surface area contributed by atoms with E-state index in [0.717, 1.165) is 11.4 Å². The van der Waals surface area contributed by atoms with E-state index in [-0.39, 0.29) is 12.3 Å². The van der Waals surface area contributed by atoms with Gasteiger partial charge in [-0.15, -0.1) is 0 Å². The first kappa shape index (κ1) is 15.8. The minimum absolute atomic E-state index is 0.151. The van der Waals surface area contributed by atoms with Crippen molar-refractivity contribution < 1.29 is 14.2 Å². The Hall–Kier alpha value is -1.30. The second kappa shape index (κ2) is 7.99. The first-order valence-corrected chi connectivity index (χ1v) is 6.28. The predicted octanol–water partition coefficient (Wildman–Crippen LogP) is 1.47. The summed E-state index contributed by atoms with van der Waals surface area (Å²) < 4.78 is 15.6. The van der Waals surface area contributed by atoms with Crippen molar-refractivity contribution in [3.63, 3.8) is 0 Å². The van der Waals surface area contributed by atoms with Gasteiger partial charge in [0.25, 0.3) is 0 Å². The Morgan fingerprint density at radius 1 is 1.11 bits per heavy atom. The van der Waals surface area contributed by atoms with Gasteiger partial charge in [0.2, 0.25) is 0 Å². The maximum Gasteiger partial charge on any atom is 0.158 e. The highest BCUT2D eigenvalue weighted by Gasteiger charge is 2.19. The molecule has 2 N–H and O–H groups in total. The summed E-state index contributed by atoms with van der Waals surface area (Å²) in [7, 11) is 6.94. The van der Waals surface area contributed by atoms with Crippen LogP contribution in [0.1, 0.15) is 6.42 Å². The summed E-state index contributed by atoms with van der Waals surface area (Å²) in [5, 5.41) is 0. The molecule has 1 unspecified atom stereocenters. The quantitative estimate of drug-likeness (QED) is 0.724. The molecule has 0 spiro atoms. The normalized spacial score (nSPS) is 12.5. The summed E-state index contributed by atoms with van der Waals surface area (Å²) in [6, 6.07) is 8.04. The molecule has 0 aromatic heterocycles. The highest BCUT2D eigenvalue weighted by Crippen LogP contribution is 2.21. The third kappa shape index (κ3) is 4.38. The van der Waals surface area contributed by atoms with Gasteiger partial charge in [-0.3, -0.25) is 0 Å². The number of rotatable bonds is 8. The molecular weight excluding hydrogens is 244 g/mol. The van der Waals surface area contributed by atoms with Crippen molar-refractivity contribution >= 4 is 5.69 Å². The van der Waals surface area contributed by atoms with Gasteiger partial charge in [0.1, 0.15) is 5.75 Å². The van der Waals surface area contributed by atoms with Crippen molar-refractivity contribution in [1.29, 1.82) is 0 Å². The maximum absolute atomic E-state index is 5.85. The minimum Gasteiger partial charge on any atom is -0.497 e. The summed E-state index contributed by atoms with van der Waals surface area (Å²) in [6.45, 7) is 0.533. The van der Waals surface area contributed by atoms with Crippen molar-refractivity contribution in [3.8, 4) is 5.75 Å². The zero-order valence-electron chi connectivity index (χ0n) is 12.1. The average molecular weight is 268 g/mol. The highest BCUT2D eigenvalue weighted by molar-refractivity contribution is 5.49. The number of ether oxygens (including phenoxy) is 3. The first-order chi connectivity index (χ1) is 9.15. The second-order valence-corrected chi connectivity index (χ2v) is 4.34. The monoisotopic (exact) mass is 268 g/mol. The van der Waals surface area contributed by atoms with Gasteiger partial charge in [-0.25, -0.2) is 0 Å².